The van der Waals surface area contributed by atoms with E-state index in [1.165, 1.54) is 11.6 Å². The van der Waals surface area contributed by atoms with Crippen LogP contribution < -0.4 is 9.64 Å². The summed E-state index contributed by atoms with van der Waals surface area (Å²) in [4.78, 5) is 26.8. The van der Waals surface area contributed by atoms with E-state index in [0.717, 1.165) is 6.42 Å². The lowest BCUT2D eigenvalue weighted by molar-refractivity contribution is -0.384. The van der Waals surface area contributed by atoms with Crippen molar-refractivity contribution in [3.8, 4) is 5.75 Å². The van der Waals surface area contributed by atoms with E-state index in [4.69, 9.17) is 16.3 Å². The Morgan fingerprint density at radius 1 is 1.14 bits per heavy atom. The summed E-state index contributed by atoms with van der Waals surface area (Å²) in [5.41, 5.74) is 1.60. The predicted octanol–water partition coefficient (Wildman–Crippen LogP) is 3.54. The largest absolute Gasteiger partial charge is 0.484 e. The molecule has 0 aromatic heterocycles. The first kappa shape index (κ1) is 19.9. The van der Waals surface area contributed by atoms with Gasteiger partial charge in [0.25, 0.3) is 11.6 Å². The van der Waals surface area contributed by atoms with Gasteiger partial charge in [0.15, 0.2) is 6.61 Å². The van der Waals surface area contributed by atoms with Gasteiger partial charge in [0.05, 0.1) is 9.95 Å². The summed E-state index contributed by atoms with van der Waals surface area (Å²) in [6, 6.07) is 12.3. The number of nitro benzene ring substituents is 1. The fraction of sp³-hybridized carbons (Fsp3) is 0.350. The van der Waals surface area contributed by atoms with Gasteiger partial charge in [-0.25, -0.2) is 0 Å². The SMILES string of the molecule is CCc1ccc(OCC(=O)N2CCN(c3c(Cl)cccc3[N+](=O)[O-])CC2)cc1. The van der Waals surface area contributed by atoms with Crippen LogP contribution >= 0.6 is 11.6 Å². The van der Waals surface area contributed by atoms with Gasteiger partial charge in [0.1, 0.15) is 11.4 Å². The average molecular weight is 404 g/mol. The van der Waals surface area contributed by atoms with Crippen molar-refractivity contribution < 1.29 is 14.5 Å². The lowest BCUT2D eigenvalue weighted by Gasteiger charge is -2.36. The molecule has 28 heavy (non-hydrogen) atoms. The molecule has 1 aliphatic heterocycles. The highest BCUT2D eigenvalue weighted by Crippen LogP contribution is 2.35. The van der Waals surface area contributed by atoms with Gasteiger partial charge in [-0.05, 0) is 30.2 Å². The van der Waals surface area contributed by atoms with Gasteiger partial charge < -0.3 is 14.5 Å². The zero-order chi connectivity index (χ0) is 20.1. The molecule has 1 amide bonds. The lowest BCUT2D eigenvalue weighted by Crippen LogP contribution is -2.50. The second-order valence-corrected chi connectivity index (χ2v) is 6.93. The number of carbonyl (C=O) groups excluding carboxylic acids is 1. The number of ether oxygens (including phenoxy) is 1. The number of hydrogen-bond acceptors (Lipinski definition) is 5. The average Bonchev–Trinajstić information content (AvgIpc) is 2.72. The molecule has 1 saturated heterocycles. The minimum Gasteiger partial charge on any atom is -0.484 e. The second-order valence-electron chi connectivity index (χ2n) is 6.52. The predicted molar refractivity (Wildman–Crippen MR) is 108 cm³/mol. The topological polar surface area (TPSA) is 75.9 Å². The Labute approximate surface area is 168 Å². The highest BCUT2D eigenvalue weighted by atomic mass is 35.5. The van der Waals surface area contributed by atoms with Gasteiger partial charge in [0.2, 0.25) is 0 Å². The minimum atomic E-state index is -0.434. The Kier molecular flexibility index (Phi) is 6.36. The third kappa shape index (κ3) is 4.54. The van der Waals surface area contributed by atoms with E-state index in [1.54, 1.807) is 17.0 Å². The molecule has 148 valence electrons. The third-order valence-corrected chi connectivity index (χ3v) is 5.11. The maximum absolute atomic E-state index is 12.4. The summed E-state index contributed by atoms with van der Waals surface area (Å²) < 4.78 is 5.59. The lowest BCUT2D eigenvalue weighted by atomic mass is 10.2. The molecule has 0 aliphatic carbocycles. The van der Waals surface area contributed by atoms with Crippen LogP contribution in [0.2, 0.25) is 5.02 Å². The summed E-state index contributed by atoms with van der Waals surface area (Å²) in [6.07, 6.45) is 0.951. The van der Waals surface area contributed by atoms with Gasteiger partial charge in [-0.15, -0.1) is 0 Å². The molecule has 0 spiro atoms. The van der Waals surface area contributed by atoms with Crippen molar-refractivity contribution in [1.82, 2.24) is 4.90 Å². The molecule has 2 aromatic carbocycles. The monoisotopic (exact) mass is 403 g/mol. The smallest absolute Gasteiger partial charge is 0.294 e. The van der Waals surface area contributed by atoms with Crippen LogP contribution in [0.4, 0.5) is 11.4 Å². The number of hydrogen-bond donors (Lipinski definition) is 0. The zero-order valence-corrected chi connectivity index (χ0v) is 16.4. The van der Waals surface area contributed by atoms with Crippen molar-refractivity contribution in [2.24, 2.45) is 0 Å². The van der Waals surface area contributed by atoms with Crippen LogP contribution in [-0.2, 0) is 11.2 Å². The van der Waals surface area contributed by atoms with E-state index in [-0.39, 0.29) is 18.2 Å². The van der Waals surface area contributed by atoms with E-state index in [2.05, 4.69) is 6.92 Å². The van der Waals surface area contributed by atoms with Gasteiger partial charge in [-0.2, -0.15) is 0 Å². The van der Waals surface area contributed by atoms with Crippen molar-refractivity contribution >= 4 is 28.9 Å². The highest BCUT2D eigenvalue weighted by Gasteiger charge is 2.27. The fourth-order valence-corrected chi connectivity index (χ4v) is 3.49. The molecule has 1 fully saturated rings. The summed E-state index contributed by atoms with van der Waals surface area (Å²) in [5, 5.41) is 11.6. The van der Waals surface area contributed by atoms with Gasteiger partial charge in [-0.3, -0.25) is 14.9 Å². The molecule has 2 aromatic rings. The molecular formula is C20H22ClN3O4. The molecule has 1 heterocycles. The number of benzene rings is 2. The summed E-state index contributed by atoms with van der Waals surface area (Å²) in [5.74, 6) is 0.559. The van der Waals surface area contributed by atoms with E-state index in [1.807, 2.05) is 29.2 Å². The van der Waals surface area contributed by atoms with Gasteiger partial charge in [-0.1, -0.05) is 36.7 Å². The van der Waals surface area contributed by atoms with E-state index < -0.39 is 4.92 Å². The first-order chi connectivity index (χ1) is 13.5. The van der Waals surface area contributed by atoms with Crippen molar-refractivity contribution in [2.75, 3.05) is 37.7 Å². The number of nitrogens with zero attached hydrogens (tertiary/aromatic N) is 3. The van der Waals surface area contributed by atoms with Crippen molar-refractivity contribution in [3.63, 3.8) is 0 Å². The molecule has 1 aliphatic rings. The third-order valence-electron chi connectivity index (χ3n) is 4.80. The van der Waals surface area contributed by atoms with Crippen LogP contribution in [0.25, 0.3) is 0 Å². The van der Waals surface area contributed by atoms with Gasteiger partial charge in [0, 0.05) is 32.2 Å². The number of amides is 1. The summed E-state index contributed by atoms with van der Waals surface area (Å²) >= 11 is 6.20. The molecule has 0 atom stereocenters. The maximum atomic E-state index is 12.4. The standard InChI is InChI=1S/C20H22ClN3O4/c1-2-15-6-8-16(9-7-15)28-14-19(25)22-10-12-23(13-11-22)20-17(21)4-3-5-18(20)24(26)27/h3-9H,2,10-14H2,1H3. The molecule has 0 bridgehead atoms. The number of para-hydroxylation sites is 1. The molecule has 7 nitrogen and oxygen atoms in total. The minimum absolute atomic E-state index is 0.0221. The normalized spacial score (nSPS) is 14.1. The van der Waals surface area contributed by atoms with E-state index in [9.17, 15) is 14.9 Å². The molecule has 0 unspecified atom stereocenters. The number of anilines is 1. The van der Waals surface area contributed by atoms with Crippen LogP contribution in [0.15, 0.2) is 42.5 Å². The Balaban J connectivity index is 1.56. The Morgan fingerprint density at radius 3 is 2.43 bits per heavy atom. The van der Waals surface area contributed by atoms with Crippen molar-refractivity contribution in [3.05, 3.63) is 63.2 Å². The molecular weight excluding hydrogens is 382 g/mol. The fourth-order valence-electron chi connectivity index (χ4n) is 3.20. The quantitative estimate of drug-likeness (QED) is 0.544. The number of aryl methyl sites for hydroxylation is 1. The Hall–Kier alpha value is -2.80. The summed E-state index contributed by atoms with van der Waals surface area (Å²) in [7, 11) is 0. The highest BCUT2D eigenvalue weighted by molar-refractivity contribution is 6.33. The molecule has 0 saturated carbocycles. The molecule has 8 heteroatoms. The van der Waals surface area contributed by atoms with Crippen molar-refractivity contribution in [1.29, 1.82) is 0 Å². The first-order valence-corrected chi connectivity index (χ1v) is 9.54. The van der Waals surface area contributed by atoms with E-state index >= 15 is 0 Å². The summed E-state index contributed by atoms with van der Waals surface area (Å²) in [6.45, 7) is 3.91. The first-order valence-electron chi connectivity index (χ1n) is 9.17. The van der Waals surface area contributed by atoms with E-state index in [0.29, 0.717) is 42.6 Å². The van der Waals surface area contributed by atoms with Crippen LogP contribution in [0.5, 0.6) is 5.75 Å². The number of piperazine rings is 1. The van der Waals surface area contributed by atoms with Crippen molar-refractivity contribution in [2.45, 2.75) is 13.3 Å². The Bertz CT molecular complexity index is 849. The van der Waals surface area contributed by atoms with Crippen LogP contribution in [0.1, 0.15) is 12.5 Å². The number of rotatable bonds is 6. The number of halogens is 1. The molecule has 3 rings (SSSR count). The Morgan fingerprint density at radius 2 is 1.82 bits per heavy atom. The zero-order valence-electron chi connectivity index (χ0n) is 15.6. The maximum Gasteiger partial charge on any atom is 0.294 e. The van der Waals surface area contributed by atoms with Crippen LogP contribution in [0.3, 0.4) is 0 Å². The van der Waals surface area contributed by atoms with Gasteiger partial charge >= 0.3 is 0 Å². The molecule has 0 radical (unpaired) electrons. The van der Waals surface area contributed by atoms with Crippen LogP contribution in [0, 0.1) is 10.1 Å². The van der Waals surface area contributed by atoms with Crippen LogP contribution in [-0.4, -0.2) is 48.5 Å². The number of carbonyl (C=O) groups is 1. The molecule has 0 N–H and O–H groups in total. The second kappa shape index (κ2) is 8.93. The number of nitro groups is 1.